The molecule has 0 aliphatic carbocycles. The third-order valence-electron chi connectivity index (χ3n) is 2.12. The van der Waals surface area contributed by atoms with Crippen molar-refractivity contribution >= 4 is 5.69 Å². The monoisotopic (exact) mass is 230 g/mol. The maximum Gasteiger partial charge on any atom is 0.248 e. The molecular formula is C12H10N2O3. The van der Waals surface area contributed by atoms with E-state index in [0.29, 0.717) is 11.5 Å². The first kappa shape index (κ1) is 10.9. The fraction of sp³-hybridized carbons (Fsp3) is 0. The van der Waals surface area contributed by atoms with E-state index in [-0.39, 0.29) is 10.5 Å². The quantitative estimate of drug-likeness (QED) is 0.498. The van der Waals surface area contributed by atoms with E-state index in [2.05, 4.69) is 5.28 Å². The maximum absolute atomic E-state index is 10.9. The molecule has 5 nitrogen and oxygen atoms in total. The summed E-state index contributed by atoms with van der Waals surface area (Å²) in [5, 5.41) is 21.8. The van der Waals surface area contributed by atoms with Gasteiger partial charge >= 0.3 is 0 Å². The summed E-state index contributed by atoms with van der Waals surface area (Å²) in [6, 6.07) is 15.6. The molecule has 0 aliphatic rings. The fourth-order valence-electron chi connectivity index (χ4n) is 1.32. The summed E-state index contributed by atoms with van der Waals surface area (Å²) in [5.74, 6) is 1.32. The van der Waals surface area contributed by atoms with E-state index < -0.39 is 0 Å². The Bertz CT molecular complexity index is 509. The molecule has 2 aromatic rings. The molecule has 0 radical (unpaired) electrons. The van der Waals surface area contributed by atoms with E-state index in [0.717, 1.165) is 0 Å². The van der Waals surface area contributed by atoms with Crippen LogP contribution >= 0.6 is 0 Å². The van der Waals surface area contributed by atoms with Gasteiger partial charge in [-0.15, -0.1) is 0 Å². The Morgan fingerprint density at radius 3 is 2.12 bits per heavy atom. The Morgan fingerprint density at radius 2 is 1.53 bits per heavy atom. The molecule has 2 aromatic carbocycles. The van der Waals surface area contributed by atoms with Gasteiger partial charge in [-0.05, 0) is 29.1 Å². The van der Waals surface area contributed by atoms with Crippen LogP contribution in [-0.4, -0.2) is 10.1 Å². The molecule has 86 valence electrons. The van der Waals surface area contributed by atoms with Crippen LogP contribution in [-0.2, 0) is 0 Å². The van der Waals surface area contributed by atoms with Gasteiger partial charge in [-0.25, -0.2) is 0 Å². The van der Waals surface area contributed by atoms with Crippen LogP contribution in [0.2, 0.25) is 0 Å². The zero-order valence-corrected chi connectivity index (χ0v) is 8.85. The maximum atomic E-state index is 10.9. The number of hydrogen-bond donors (Lipinski definition) is 1. The van der Waals surface area contributed by atoms with Gasteiger partial charge in [-0.3, -0.25) is 0 Å². The fourth-order valence-corrected chi connectivity index (χ4v) is 1.32. The van der Waals surface area contributed by atoms with Crippen LogP contribution in [0.1, 0.15) is 0 Å². The number of ether oxygens (including phenoxy) is 1. The molecule has 0 atom stereocenters. The molecule has 0 fully saturated rings. The molecule has 0 saturated carbocycles. The Hall–Kier alpha value is -2.56. The van der Waals surface area contributed by atoms with Crippen molar-refractivity contribution in [1.82, 2.24) is 0 Å². The Kier molecular flexibility index (Phi) is 3.20. The highest BCUT2D eigenvalue weighted by molar-refractivity contribution is 5.38. The summed E-state index contributed by atoms with van der Waals surface area (Å²) < 4.78 is 5.53. The van der Waals surface area contributed by atoms with Crippen LogP contribution in [0, 0.1) is 5.21 Å². The van der Waals surface area contributed by atoms with Gasteiger partial charge in [0.1, 0.15) is 11.5 Å². The largest absolute Gasteiger partial charge is 0.592 e. The van der Waals surface area contributed by atoms with Crippen LogP contribution in [0.4, 0.5) is 5.69 Å². The molecule has 2 rings (SSSR count). The van der Waals surface area contributed by atoms with Crippen molar-refractivity contribution < 1.29 is 14.8 Å². The van der Waals surface area contributed by atoms with Crippen molar-refractivity contribution in [3.05, 3.63) is 59.8 Å². The van der Waals surface area contributed by atoms with Crippen molar-refractivity contribution in [3.8, 4) is 11.5 Å². The van der Waals surface area contributed by atoms with Crippen molar-refractivity contribution in [3.63, 3.8) is 0 Å². The summed E-state index contributed by atoms with van der Waals surface area (Å²) in [6.45, 7) is 0. The van der Waals surface area contributed by atoms with Crippen LogP contribution in [0.3, 0.4) is 0 Å². The second kappa shape index (κ2) is 4.98. The Balaban J connectivity index is 2.14. The molecule has 1 N–H and O–H groups in total. The SMILES string of the molecule is [O-][N+](=NO)c1ccc(Oc2ccccc2)cc1. The van der Waals surface area contributed by atoms with Gasteiger partial charge in [-0.2, -0.15) is 0 Å². The number of benzene rings is 2. The van der Waals surface area contributed by atoms with Crippen LogP contribution in [0.5, 0.6) is 11.5 Å². The molecule has 5 heteroatoms. The van der Waals surface area contributed by atoms with Gasteiger partial charge in [-0.1, -0.05) is 18.2 Å². The highest BCUT2D eigenvalue weighted by atomic mass is 16.6. The van der Waals surface area contributed by atoms with E-state index >= 15 is 0 Å². The van der Waals surface area contributed by atoms with Crippen molar-refractivity contribution in [2.45, 2.75) is 0 Å². The third kappa shape index (κ3) is 2.72. The highest BCUT2D eigenvalue weighted by Gasteiger charge is 2.04. The smallest absolute Gasteiger partial charge is 0.248 e. The minimum atomic E-state index is 0.117. The van der Waals surface area contributed by atoms with Crippen LogP contribution in [0.25, 0.3) is 0 Å². The summed E-state index contributed by atoms with van der Waals surface area (Å²) in [6.07, 6.45) is 0. The second-order valence-corrected chi connectivity index (χ2v) is 3.27. The molecule has 0 bridgehead atoms. The Morgan fingerprint density at radius 1 is 0.941 bits per heavy atom. The van der Waals surface area contributed by atoms with E-state index in [1.807, 2.05) is 30.3 Å². The van der Waals surface area contributed by atoms with Gasteiger partial charge in [0.25, 0.3) is 0 Å². The van der Waals surface area contributed by atoms with Gasteiger partial charge in [0.2, 0.25) is 11.0 Å². The molecule has 0 aliphatic heterocycles. The first-order valence-electron chi connectivity index (χ1n) is 4.95. The summed E-state index contributed by atoms with van der Waals surface area (Å²) in [7, 11) is 0. The molecule has 0 spiro atoms. The third-order valence-corrected chi connectivity index (χ3v) is 2.12. The number of hydrogen-bond acceptors (Lipinski definition) is 3. The average molecular weight is 230 g/mol. The normalized spacial score (nSPS) is 11.2. The molecule has 0 aromatic heterocycles. The summed E-state index contributed by atoms with van der Waals surface area (Å²) >= 11 is 0. The predicted octanol–water partition coefficient (Wildman–Crippen LogP) is 3.46. The highest BCUT2D eigenvalue weighted by Crippen LogP contribution is 2.23. The topological polar surface area (TPSA) is 67.9 Å². The molecule has 0 unspecified atom stereocenters. The number of nitrogens with zero attached hydrogens (tertiary/aromatic N) is 2. The molecule has 0 saturated heterocycles. The van der Waals surface area contributed by atoms with E-state index in [9.17, 15) is 5.21 Å². The standard InChI is InChI=1S/C12H10N2O3/c15-13-14(16)10-6-8-12(9-7-10)17-11-4-2-1-3-5-11/h1-9,15H. The van der Waals surface area contributed by atoms with E-state index in [1.54, 1.807) is 12.1 Å². The molecule has 17 heavy (non-hydrogen) atoms. The summed E-state index contributed by atoms with van der Waals surface area (Å²) in [5.41, 5.74) is 0.230. The lowest BCUT2D eigenvalue weighted by atomic mass is 10.3. The number of rotatable bonds is 3. The molecular weight excluding hydrogens is 220 g/mol. The lowest BCUT2D eigenvalue weighted by molar-refractivity contribution is -0.473. The zero-order chi connectivity index (χ0) is 12.1. The first-order chi connectivity index (χ1) is 8.29. The van der Waals surface area contributed by atoms with Gasteiger partial charge in [0.15, 0.2) is 0 Å². The van der Waals surface area contributed by atoms with Gasteiger partial charge in [0, 0.05) is 12.1 Å². The lowest BCUT2D eigenvalue weighted by Crippen LogP contribution is -1.90. The average Bonchev–Trinajstić information content (AvgIpc) is 2.40. The van der Waals surface area contributed by atoms with Gasteiger partial charge < -0.3 is 15.2 Å². The molecule has 0 amide bonds. The van der Waals surface area contributed by atoms with E-state index in [4.69, 9.17) is 9.94 Å². The van der Waals surface area contributed by atoms with Crippen molar-refractivity contribution in [2.75, 3.05) is 0 Å². The van der Waals surface area contributed by atoms with Crippen molar-refractivity contribution in [2.24, 2.45) is 5.28 Å². The minimum Gasteiger partial charge on any atom is -0.592 e. The summed E-state index contributed by atoms with van der Waals surface area (Å²) in [4.78, 5) is 0.117. The van der Waals surface area contributed by atoms with E-state index in [1.165, 1.54) is 12.1 Å². The van der Waals surface area contributed by atoms with Gasteiger partial charge in [0.05, 0.1) is 0 Å². The van der Waals surface area contributed by atoms with Crippen molar-refractivity contribution in [1.29, 1.82) is 0 Å². The first-order valence-corrected chi connectivity index (χ1v) is 4.95. The van der Waals surface area contributed by atoms with Crippen LogP contribution < -0.4 is 4.74 Å². The van der Waals surface area contributed by atoms with Crippen LogP contribution in [0.15, 0.2) is 59.9 Å². The second-order valence-electron chi connectivity index (χ2n) is 3.27. The molecule has 0 heterocycles. The number of para-hydroxylation sites is 1. The zero-order valence-electron chi connectivity index (χ0n) is 8.85. The lowest BCUT2D eigenvalue weighted by Gasteiger charge is -2.04. The Labute approximate surface area is 97.8 Å². The predicted molar refractivity (Wildman–Crippen MR) is 60.5 cm³/mol. The minimum absolute atomic E-state index is 0.117.